The van der Waals surface area contributed by atoms with E-state index in [9.17, 15) is 9.90 Å². The highest BCUT2D eigenvalue weighted by Gasteiger charge is 2.07. The lowest BCUT2D eigenvalue weighted by Crippen LogP contribution is -2.14. The van der Waals surface area contributed by atoms with E-state index in [1.807, 2.05) is 36.6 Å². The number of aromatic hydroxyl groups is 1. The summed E-state index contributed by atoms with van der Waals surface area (Å²) in [5.74, 6) is 0.0997. The Kier molecular flexibility index (Phi) is 4.39. The van der Waals surface area contributed by atoms with Gasteiger partial charge in [-0.3, -0.25) is 4.79 Å². The van der Waals surface area contributed by atoms with E-state index >= 15 is 0 Å². The highest BCUT2D eigenvalue weighted by molar-refractivity contribution is 7.09. The van der Waals surface area contributed by atoms with Gasteiger partial charge in [0, 0.05) is 16.6 Å². The maximum Gasteiger partial charge on any atom is 0.228 e. The van der Waals surface area contributed by atoms with Gasteiger partial charge < -0.3 is 10.4 Å². The van der Waals surface area contributed by atoms with Gasteiger partial charge in [0.2, 0.25) is 5.91 Å². The summed E-state index contributed by atoms with van der Waals surface area (Å²) in [5, 5.41) is 15.2. The van der Waals surface area contributed by atoms with Crippen LogP contribution in [0.25, 0.3) is 11.3 Å². The number of nitrogens with one attached hydrogen (secondary N) is 1. The van der Waals surface area contributed by atoms with E-state index in [1.54, 1.807) is 35.6 Å². The number of amides is 1. The Morgan fingerprint density at radius 2 is 2.00 bits per heavy atom. The highest BCUT2D eigenvalue weighted by atomic mass is 32.1. The first-order chi connectivity index (χ1) is 11.1. The molecule has 0 aliphatic heterocycles. The molecule has 0 saturated carbocycles. The summed E-state index contributed by atoms with van der Waals surface area (Å²) in [4.78, 5) is 16.6. The average molecular weight is 324 g/mol. The molecule has 23 heavy (non-hydrogen) atoms. The number of hydrogen-bond acceptors (Lipinski definition) is 4. The second-order valence-electron chi connectivity index (χ2n) is 5.22. The van der Waals surface area contributed by atoms with Crippen LogP contribution in [-0.2, 0) is 11.2 Å². The molecule has 2 aromatic carbocycles. The summed E-state index contributed by atoms with van der Waals surface area (Å²) in [7, 11) is 0. The molecule has 1 aromatic heterocycles. The zero-order valence-corrected chi connectivity index (χ0v) is 13.4. The SMILES string of the molecule is Cc1nc(-c2cccc(NC(=O)Cc3ccc(O)cc3)c2)cs1. The van der Waals surface area contributed by atoms with Crippen molar-refractivity contribution in [1.29, 1.82) is 0 Å². The molecular weight excluding hydrogens is 308 g/mol. The van der Waals surface area contributed by atoms with Gasteiger partial charge in [0.05, 0.1) is 17.1 Å². The largest absolute Gasteiger partial charge is 0.508 e. The monoisotopic (exact) mass is 324 g/mol. The third-order valence-electron chi connectivity index (χ3n) is 3.36. The molecule has 0 bridgehead atoms. The maximum atomic E-state index is 12.1. The highest BCUT2D eigenvalue weighted by Crippen LogP contribution is 2.24. The molecule has 116 valence electrons. The molecule has 2 N–H and O–H groups in total. The summed E-state index contributed by atoms with van der Waals surface area (Å²) < 4.78 is 0. The average Bonchev–Trinajstić information content (AvgIpc) is 2.96. The van der Waals surface area contributed by atoms with Crippen LogP contribution in [0.15, 0.2) is 53.9 Å². The van der Waals surface area contributed by atoms with E-state index in [0.717, 1.165) is 27.5 Å². The van der Waals surface area contributed by atoms with Crippen LogP contribution < -0.4 is 5.32 Å². The lowest BCUT2D eigenvalue weighted by atomic mass is 10.1. The second-order valence-corrected chi connectivity index (χ2v) is 6.29. The summed E-state index contributed by atoms with van der Waals surface area (Å²) >= 11 is 1.60. The minimum absolute atomic E-state index is 0.0951. The molecule has 0 atom stereocenters. The Labute approximate surface area is 138 Å². The van der Waals surface area contributed by atoms with Gasteiger partial charge in [0.15, 0.2) is 0 Å². The maximum absolute atomic E-state index is 12.1. The molecule has 0 radical (unpaired) electrons. The molecule has 3 aromatic rings. The van der Waals surface area contributed by atoms with Crippen molar-refractivity contribution in [2.75, 3.05) is 5.32 Å². The van der Waals surface area contributed by atoms with Gasteiger partial charge >= 0.3 is 0 Å². The Morgan fingerprint density at radius 3 is 2.70 bits per heavy atom. The van der Waals surface area contributed by atoms with Crippen molar-refractivity contribution >= 4 is 22.9 Å². The van der Waals surface area contributed by atoms with Gasteiger partial charge in [-0.15, -0.1) is 11.3 Å². The van der Waals surface area contributed by atoms with Gasteiger partial charge in [-0.2, -0.15) is 0 Å². The molecule has 0 unspecified atom stereocenters. The minimum atomic E-state index is -0.0951. The Morgan fingerprint density at radius 1 is 1.22 bits per heavy atom. The van der Waals surface area contributed by atoms with Crippen LogP contribution >= 0.6 is 11.3 Å². The van der Waals surface area contributed by atoms with Crippen molar-refractivity contribution in [2.45, 2.75) is 13.3 Å². The molecular formula is C18H16N2O2S. The fraction of sp³-hybridized carbons (Fsp3) is 0.111. The Balaban J connectivity index is 1.70. The van der Waals surface area contributed by atoms with Gasteiger partial charge in [-0.05, 0) is 36.8 Å². The molecule has 3 rings (SSSR count). The van der Waals surface area contributed by atoms with Crippen LogP contribution in [-0.4, -0.2) is 16.0 Å². The number of phenolic OH excluding ortho intramolecular Hbond substituents is 1. The van der Waals surface area contributed by atoms with Gasteiger partial charge in [0.1, 0.15) is 5.75 Å². The number of rotatable bonds is 4. The standard InChI is InChI=1S/C18H16N2O2S/c1-12-19-17(11-23-12)14-3-2-4-15(10-14)20-18(22)9-13-5-7-16(21)8-6-13/h2-8,10-11,21H,9H2,1H3,(H,20,22). The van der Waals surface area contributed by atoms with Crippen molar-refractivity contribution in [3.63, 3.8) is 0 Å². The molecule has 1 heterocycles. The van der Waals surface area contributed by atoms with E-state index < -0.39 is 0 Å². The molecule has 0 saturated heterocycles. The third kappa shape index (κ3) is 3.96. The molecule has 4 nitrogen and oxygen atoms in total. The molecule has 0 spiro atoms. The van der Waals surface area contributed by atoms with Gasteiger partial charge in [-0.25, -0.2) is 4.98 Å². The normalized spacial score (nSPS) is 10.5. The van der Waals surface area contributed by atoms with Crippen molar-refractivity contribution in [1.82, 2.24) is 4.98 Å². The van der Waals surface area contributed by atoms with E-state index in [4.69, 9.17) is 0 Å². The van der Waals surface area contributed by atoms with Crippen LogP contribution in [0.5, 0.6) is 5.75 Å². The van der Waals surface area contributed by atoms with Crippen LogP contribution in [0.3, 0.4) is 0 Å². The molecule has 0 fully saturated rings. The molecule has 1 amide bonds. The van der Waals surface area contributed by atoms with Crippen molar-refractivity contribution in [3.05, 3.63) is 64.5 Å². The number of hydrogen-bond donors (Lipinski definition) is 2. The van der Waals surface area contributed by atoms with Crippen LogP contribution in [0.1, 0.15) is 10.6 Å². The van der Waals surface area contributed by atoms with E-state index in [-0.39, 0.29) is 18.1 Å². The quantitative estimate of drug-likeness (QED) is 0.762. The van der Waals surface area contributed by atoms with Crippen molar-refractivity contribution < 1.29 is 9.90 Å². The third-order valence-corrected chi connectivity index (χ3v) is 4.14. The van der Waals surface area contributed by atoms with Crippen molar-refractivity contribution in [3.8, 4) is 17.0 Å². The van der Waals surface area contributed by atoms with E-state index in [1.165, 1.54) is 0 Å². The number of carbonyl (C=O) groups is 1. The van der Waals surface area contributed by atoms with Crippen molar-refractivity contribution in [2.24, 2.45) is 0 Å². The molecule has 5 heteroatoms. The number of aryl methyl sites for hydroxylation is 1. The first-order valence-electron chi connectivity index (χ1n) is 7.20. The zero-order valence-electron chi connectivity index (χ0n) is 12.6. The summed E-state index contributed by atoms with van der Waals surface area (Å²) in [5.41, 5.74) is 3.50. The number of thiazole rings is 1. The van der Waals surface area contributed by atoms with Crippen LogP contribution in [0, 0.1) is 6.92 Å². The number of anilines is 1. The lowest BCUT2D eigenvalue weighted by Gasteiger charge is -2.07. The molecule has 0 aliphatic rings. The number of nitrogens with zero attached hydrogens (tertiary/aromatic N) is 1. The minimum Gasteiger partial charge on any atom is -0.508 e. The number of benzene rings is 2. The van der Waals surface area contributed by atoms with Crippen LogP contribution in [0.2, 0.25) is 0 Å². The topological polar surface area (TPSA) is 62.2 Å². The Bertz CT molecular complexity index is 825. The lowest BCUT2D eigenvalue weighted by molar-refractivity contribution is -0.115. The summed E-state index contributed by atoms with van der Waals surface area (Å²) in [6, 6.07) is 14.3. The number of carbonyl (C=O) groups excluding carboxylic acids is 1. The summed E-state index contributed by atoms with van der Waals surface area (Å²) in [6.07, 6.45) is 0.264. The van der Waals surface area contributed by atoms with E-state index in [2.05, 4.69) is 10.3 Å². The summed E-state index contributed by atoms with van der Waals surface area (Å²) in [6.45, 7) is 1.97. The zero-order chi connectivity index (χ0) is 16.2. The first-order valence-corrected chi connectivity index (χ1v) is 8.08. The fourth-order valence-electron chi connectivity index (χ4n) is 2.26. The predicted octanol–water partition coefficient (Wildman–Crippen LogP) is 4.01. The smallest absolute Gasteiger partial charge is 0.228 e. The Hall–Kier alpha value is -2.66. The van der Waals surface area contributed by atoms with Gasteiger partial charge in [-0.1, -0.05) is 24.3 Å². The predicted molar refractivity (Wildman–Crippen MR) is 92.7 cm³/mol. The fourth-order valence-corrected chi connectivity index (χ4v) is 2.88. The second kappa shape index (κ2) is 6.62. The molecule has 0 aliphatic carbocycles. The first kappa shape index (κ1) is 15.2. The van der Waals surface area contributed by atoms with E-state index in [0.29, 0.717) is 0 Å². The number of aromatic nitrogens is 1. The number of phenols is 1. The van der Waals surface area contributed by atoms with Crippen LogP contribution in [0.4, 0.5) is 5.69 Å². The van der Waals surface area contributed by atoms with Gasteiger partial charge in [0.25, 0.3) is 0 Å².